The molecule has 5 heteroatoms. The van der Waals surface area contributed by atoms with Gasteiger partial charge in [0.05, 0.1) is 6.61 Å². The molecular weight excluding hydrogens is 282 g/mol. The SMILES string of the molecule is CCOc1ccc(C(=O)N2CCCC[C@@H]2CCC(=O)O)cc1. The van der Waals surface area contributed by atoms with Gasteiger partial charge in [0.15, 0.2) is 0 Å². The average molecular weight is 305 g/mol. The largest absolute Gasteiger partial charge is 0.494 e. The van der Waals surface area contributed by atoms with Crippen molar-refractivity contribution in [1.29, 1.82) is 0 Å². The molecule has 1 amide bonds. The molecule has 0 bridgehead atoms. The summed E-state index contributed by atoms with van der Waals surface area (Å²) in [6, 6.07) is 7.18. The second-order valence-electron chi connectivity index (χ2n) is 5.54. The maximum Gasteiger partial charge on any atom is 0.303 e. The van der Waals surface area contributed by atoms with Gasteiger partial charge in [0.2, 0.25) is 0 Å². The number of carboxylic acids is 1. The summed E-state index contributed by atoms with van der Waals surface area (Å²) in [6.45, 7) is 3.22. The van der Waals surface area contributed by atoms with E-state index in [-0.39, 0.29) is 18.4 Å². The number of amides is 1. The van der Waals surface area contributed by atoms with Crippen LogP contribution >= 0.6 is 0 Å². The fraction of sp³-hybridized carbons (Fsp3) is 0.529. The minimum Gasteiger partial charge on any atom is -0.494 e. The molecule has 0 radical (unpaired) electrons. The highest BCUT2D eigenvalue weighted by Gasteiger charge is 2.27. The number of benzene rings is 1. The van der Waals surface area contributed by atoms with Crippen LogP contribution in [0, 0.1) is 0 Å². The number of rotatable bonds is 6. The van der Waals surface area contributed by atoms with E-state index in [9.17, 15) is 9.59 Å². The molecule has 1 N–H and O–H groups in total. The normalized spacial score (nSPS) is 18.0. The number of carbonyl (C=O) groups is 2. The van der Waals surface area contributed by atoms with Crippen molar-refractivity contribution in [3.63, 3.8) is 0 Å². The maximum absolute atomic E-state index is 12.7. The van der Waals surface area contributed by atoms with Gasteiger partial charge in [-0.1, -0.05) is 0 Å². The van der Waals surface area contributed by atoms with Crippen molar-refractivity contribution in [2.75, 3.05) is 13.2 Å². The van der Waals surface area contributed by atoms with E-state index in [0.29, 0.717) is 25.1 Å². The van der Waals surface area contributed by atoms with Crippen LogP contribution in [0.25, 0.3) is 0 Å². The van der Waals surface area contributed by atoms with Gasteiger partial charge in [-0.2, -0.15) is 0 Å². The lowest BCUT2D eigenvalue weighted by Gasteiger charge is -2.35. The zero-order valence-electron chi connectivity index (χ0n) is 13.0. The van der Waals surface area contributed by atoms with Crippen molar-refractivity contribution >= 4 is 11.9 Å². The number of nitrogens with zero attached hydrogens (tertiary/aromatic N) is 1. The third-order valence-corrected chi connectivity index (χ3v) is 3.99. The zero-order valence-corrected chi connectivity index (χ0v) is 13.0. The maximum atomic E-state index is 12.7. The first-order valence-corrected chi connectivity index (χ1v) is 7.87. The van der Waals surface area contributed by atoms with Crippen molar-refractivity contribution in [3.05, 3.63) is 29.8 Å². The average Bonchev–Trinajstić information content (AvgIpc) is 2.53. The highest BCUT2D eigenvalue weighted by atomic mass is 16.5. The summed E-state index contributed by atoms with van der Waals surface area (Å²) in [6.07, 6.45) is 3.55. The minimum absolute atomic E-state index is 0.0156. The number of carboxylic acid groups (broad SMARTS) is 1. The van der Waals surface area contributed by atoms with Gasteiger partial charge in [-0.25, -0.2) is 0 Å². The van der Waals surface area contributed by atoms with E-state index in [1.54, 1.807) is 24.3 Å². The fourth-order valence-electron chi connectivity index (χ4n) is 2.88. The molecule has 0 saturated carbocycles. The van der Waals surface area contributed by atoms with Crippen LogP contribution in [0.5, 0.6) is 5.75 Å². The van der Waals surface area contributed by atoms with Gasteiger partial charge < -0.3 is 14.7 Å². The molecule has 2 rings (SSSR count). The van der Waals surface area contributed by atoms with Crippen molar-refractivity contribution in [2.24, 2.45) is 0 Å². The molecule has 22 heavy (non-hydrogen) atoms. The van der Waals surface area contributed by atoms with Gasteiger partial charge in [0.25, 0.3) is 5.91 Å². The Labute approximate surface area is 130 Å². The molecule has 1 aromatic rings. The van der Waals surface area contributed by atoms with Crippen LogP contribution in [0.1, 0.15) is 49.4 Å². The molecule has 1 fully saturated rings. The third-order valence-electron chi connectivity index (χ3n) is 3.99. The van der Waals surface area contributed by atoms with Gasteiger partial charge in [0.1, 0.15) is 5.75 Å². The summed E-state index contributed by atoms with van der Waals surface area (Å²) >= 11 is 0. The fourth-order valence-corrected chi connectivity index (χ4v) is 2.88. The summed E-state index contributed by atoms with van der Waals surface area (Å²) in [5.41, 5.74) is 0.630. The highest BCUT2D eigenvalue weighted by molar-refractivity contribution is 5.94. The molecule has 1 aliphatic rings. The predicted octanol–water partition coefficient (Wildman–Crippen LogP) is 2.94. The summed E-state index contributed by atoms with van der Waals surface area (Å²) in [5, 5.41) is 8.85. The van der Waals surface area contributed by atoms with Crippen LogP contribution in [0.3, 0.4) is 0 Å². The Hall–Kier alpha value is -2.04. The van der Waals surface area contributed by atoms with E-state index < -0.39 is 5.97 Å². The molecule has 0 unspecified atom stereocenters. The smallest absolute Gasteiger partial charge is 0.303 e. The van der Waals surface area contributed by atoms with Crippen LogP contribution in [0.4, 0.5) is 0 Å². The summed E-state index contributed by atoms with van der Waals surface area (Å²) in [5.74, 6) is -0.0719. The molecular formula is C17H23NO4. The monoisotopic (exact) mass is 305 g/mol. The van der Waals surface area contributed by atoms with E-state index >= 15 is 0 Å². The van der Waals surface area contributed by atoms with E-state index in [4.69, 9.17) is 9.84 Å². The second-order valence-corrected chi connectivity index (χ2v) is 5.54. The Morgan fingerprint density at radius 2 is 2.00 bits per heavy atom. The van der Waals surface area contributed by atoms with E-state index in [2.05, 4.69) is 0 Å². The molecule has 1 atom stereocenters. The van der Waals surface area contributed by atoms with Gasteiger partial charge >= 0.3 is 5.97 Å². The molecule has 1 aliphatic heterocycles. The summed E-state index contributed by atoms with van der Waals surface area (Å²) < 4.78 is 5.38. The minimum atomic E-state index is -0.806. The van der Waals surface area contributed by atoms with Gasteiger partial charge in [-0.3, -0.25) is 9.59 Å². The summed E-state index contributed by atoms with van der Waals surface area (Å²) in [7, 11) is 0. The first-order chi connectivity index (χ1) is 10.6. The number of hydrogen-bond donors (Lipinski definition) is 1. The Balaban J connectivity index is 2.05. The number of aliphatic carboxylic acids is 1. The number of hydrogen-bond acceptors (Lipinski definition) is 3. The molecule has 0 aliphatic carbocycles. The van der Waals surface area contributed by atoms with Crippen LogP contribution in [-0.4, -0.2) is 41.1 Å². The molecule has 1 heterocycles. The number of ether oxygens (including phenoxy) is 1. The highest BCUT2D eigenvalue weighted by Crippen LogP contribution is 2.24. The lowest BCUT2D eigenvalue weighted by atomic mass is 9.97. The molecule has 0 spiro atoms. The first kappa shape index (κ1) is 16.3. The number of likely N-dealkylation sites (tertiary alicyclic amines) is 1. The predicted molar refractivity (Wildman–Crippen MR) is 83.2 cm³/mol. The van der Waals surface area contributed by atoms with Crippen LogP contribution < -0.4 is 4.74 Å². The van der Waals surface area contributed by atoms with E-state index in [0.717, 1.165) is 25.0 Å². The van der Waals surface area contributed by atoms with Gasteiger partial charge in [-0.15, -0.1) is 0 Å². The van der Waals surface area contributed by atoms with E-state index in [1.165, 1.54) is 0 Å². The molecule has 1 saturated heterocycles. The molecule has 0 aromatic heterocycles. The molecule has 120 valence electrons. The molecule has 5 nitrogen and oxygen atoms in total. The standard InChI is InChI=1S/C17H23NO4/c1-2-22-15-9-6-13(7-10-15)17(21)18-12-4-3-5-14(18)8-11-16(19)20/h6-7,9-10,14H,2-5,8,11-12H2,1H3,(H,19,20)/t14-/m1/s1. The quantitative estimate of drug-likeness (QED) is 0.877. The summed E-state index contributed by atoms with van der Waals surface area (Å²) in [4.78, 5) is 25.3. The number of piperidine rings is 1. The topological polar surface area (TPSA) is 66.8 Å². The van der Waals surface area contributed by atoms with Crippen LogP contribution in [0.2, 0.25) is 0 Å². The Bertz CT molecular complexity index is 512. The zero-order chi connectivity index (χ0) is 15.9. The lowest BCUT2D eigenvalue weighted by Crippen LogP contribution is -2.43. The van der Waals surface area contributed by atoms with Gasteiger partial charge in [-0.05, 0) is 56.9 Å². The lowest BCUT2D eigenvalue weighted by molar-refractivity contribution is -0.137. The van der Waals surface area contributed by atoms with Crippen molar-refractivity contribution in [2.45, 2.75) is 45.1 Å². The van der Waals surface area contributed by atoms with E-state index in [1.807, 2.05) is 11.8 Å². The first-order valence-electron chi connectivity index (χ1n) is 7.87. The Morgan fingerprint density at radius 3 is 2.64 bits per heavy atom. The second kappa shape index (κ2) is 7.82. The van der Waals surface area contributed by atoms with Crippen LogP contribution in [0.15, 0.2) is 24.3 Å². The molecule has 1 aromatic carbocycles. The van der Waals surface area contributed by atoms with Crippen molar-refractivity contribution < 1.29 is 19.4 Å². The van der Waals surface area contributed by atoms with Crippen LogP contribution in [-0.2, 0) is 4.79 Å². The Morgan fingerprint density at radius 1 is 1.27 bits per heavy atom. The number of carbonyl (C=O) groups excluding carboxylic acids is 1. The Kier molecular flexibility index (Phi) is 5.81. The third kappa shape index (κ3) is 4.23. The van der Waals surface area contributed by atoms with Crippen molar-refractivity contribution in [3.8, 4) is 5.75 Å². The van der Waals surface area contributed by atoms with Gasteiger partial charge in [0, 0.05) is 24.6 Å². The van der Waals surface area contributed by atoms with Crippen molar-refractivity contribution in [1.82, 2.24) is 4.90 Å².